The first-order valence-electron chi connectivity index (χ1n) is 6.91. The Morgan fingerprint density at radius 3 is 2.29 bits per heavy atom. The van der Waals surface area contributed by atoms with Gasteiger partial charge in [-0.3, -0.25) is 4.79 Å². The fourth-order valence-corrected chi connectivity index (χ4v) is 2.15. The van der Waals surface area contributed by atoms with Gasteiger partial charge in [0.25, 0.3) is 0 Å². The summed E-state index contributed by atoms with van der Waals surface area (Å²) in [5.74, 6) is 0. The van der Waals surface area contributed by atoms with Gasteiger partial charge < -0.3 is 0 Å². The molecule has 0 aliphatic carbocycles. The average molecular weight is 232 g/mol. The van der Waals surface area contributed by atoms with Gasteiger partial charge in [-0.05, 0) is 18.4 Å². The summed E-state index contributed by atoms with van der Waals surface area (Å²) >= 11 is 0. The van der Waals surface area contributed by atoms with E-state index in [0.717, 1.165) is 18.3 Å². The molecular weight excluding hydrogens is 208 g/mol. The van der Waals surface area contributed by atoms with Crippen LogP contribution in [0.3, 0.4) is 0 Å². The number of hydrogen-bond donors (Lipinski definition) is 0. The second-order valence-corrected chi connectivity index (χ2v) is 4.69. The van der Waals surface area contributed by atoms with Gasteiger partial charge in [-0.15, -0.1) is 0 Å². The van der Waals surface area contributed by atoms with E-state index in [9.17, 15) is 4.79 Å². The smallest absolute Gasteiger partial charge is 0.150 e. The maximum atomic E-state index is 10.8. The van der Waals surface area contributed by atoms with Crippen molar-refractivity contribution >= 4 is 6.29 Å². The third-order valence-electron chi connectivity index (χ3n) is 3.23. The molecule has 1 heteroatoms. The second-order valence-electron chi connectivity index (χ2n) is 4.69. The molecule has 1 aromatic rings. The zero-order valence-corrected chi connectivity index (χ0v) is 11.0. The zero-order chi connectivity index (χ0) is 12.3. The Kier molecular flexibility index (Phi) is 7.37. The lowest BCUT2D eigenvalue weighted by molar-refractivity contribution is 0.112. The highest BCUT2D eigenvalue weighted by atomic mass is 16.1. The molecule has 0 saturated heterocycles. The minimum Gasteiger partial charge on any atom is -0.298 e. The largest absolute Gasteiger partial charge is 0.298 e. The Morgan fingerprint density at radius 2 is 1.59 bits per heavy atom. The Bertz CT molecular complexity index is 317. The molecule has 0 amide bonds. The minimum absolute atomic E-state index is 0.860. The van der Waals surface area contributed by atoms with Crippen molar-refractivity contribution in [3.05, 3.63) is 35.4 Å². The molecule has 0 aliphatic rings. The van der Waals surface area contributed by atoms with E-state index >= 15 is 0 Å². The first-order chi connectivity index (χ1) is 8.38. The predicted octanol–water partition coefficient (Wildman–Crippen LogP) is 4.79. The van der Waals surface area contributed by atoms with E-state index < -0.39 is 0 Å². The number of aryl methyl sites for hydroxylation is 1. The van der Waals surface area contributed by atoms with E-state index in [-0.39, 0.29) is 0 Å². The summed E-state index contributed by atoms with van der Waals surface area (Å²) < 4.78 is 0. The quantitative estimate of drug-likeness (QED) is 0.442. The maximum absolute atomic E-state index is 10.8. The molecule has 0 aliphatic heterocycles. The van der Waals surface area contributed by atoms with Crippen LogP contribution in [0.2, 0.25) is 0 Å². The predicted molar refractivity (Wildman–Crippen MR) is 73.5 cm³/mol. The molecule has 0 saturated carbocycles. The van der Waals surface area contributed by atoms with Gasteiger partial charge in [0.15, 0.2) is 0 Å². The lowest BCUT2D eigenvalue weighted by Gasteiger charge is -2.04. The monoisotopic (exact) mass is 232 g/mol. The van der Waals surface area contributed by atoms with Crippen molar-refractivity contribution in [3.8, 4) is 0 Å². The molecule has 1 nitrogen and oxygen atoms in total. The fourth-order valence-electron chi connectivity index (χ4n) is 2.15. The zero-order valence-electron chi connectivity index (χ0n) is 11.0. The third-order valence-corrected chi connectivity index (χ3v) is 3.23. The van der Waals surface area contributed by atoms with E-state index in [2.05, 4.69) is 13.0 Å². The van der Waals surface area contributed by atoms with Crippen LogP contribution in [0, 0.1) is 0 Å². The standard InChI is InChI=1S/C16H24O/c1-2-3-4-5-6-7-8-11-15-12-9-10-13-16(15)14-17/h9-10,12-14H,2-8,11H2,1H3. The van der Waals surface area contributed by atoms with Crippen molar-refractivity contribution in [1.29, 1.82) is 0 Å². The molecule has 0 fully saturated rings. The van der Waals surface area contributed by atoms with Crippen molar-refractivity contribution in [2.45, 2.75) is 58.3 Å². The van der Waals surface area contributed by atoms with Crippen LogP contribution in [-0.2, 0) is 6.42 Å². The van der Waals surface area contributed by atoms with Crippen molar-refractivity contribution in [2.24, 2.45) is 0 Å². The minimum atomic E-state index is 0.860. The summed E-state index contributed by atoms with van der Waals surface area (Å²) in [5, 5.41) is 0. The van der Waals surface area contributed by atoms with E-state index in [0.29, 0.717) is 0 Å². The molecule has 0 heterocycles. The Balaban J connectivity index is 2.15. The van der Waals surface area contributed by atoms with Gasteiger partial charge in [0.2, 0.25) is 0 Å². The van der Waals surface area contributed by atoms with E-state index in [4.69, 9.17) is 0 Å². The van der Waals surface area contributed by atoms with Crippen molar-refractivity contribution < 1.29 is 4.79 Å². The molecule has 1 rings (SSSR count). The Hall–Kier alpha value is -1.11. The summed E-state index contributed by atoms with van der Waals surface area (Å²) in [4.78, 5) is 10.8. The van der Waals surface area contributed by atoms with Crippen LogP contribution >= 0.6 is 0 Å². The molecule has 17 heavy (non-hydrogen) atoms. The van der Waals surface area contributed by atoms with Crippen molar-refractivity contribution in [3.63, 3.8) is 0 Å². The van der Waals surface area contributed by atoms with Crippen LogP contribution in [0.25, 0.3) is 0 Å². The van der Waals surface area contributed by atoms with Crippen molar-refractivity contribution in [1.82, 2.24) is 0 Å². The molecule has 94 valence electrons. The van der Waals surface area contributed by atoms with E-state index in [1.165, 1.54) is 50.5 Å². The molecule has 0 N–H and O–H groups in total. The van der Waals surface area contributed by atoms with Crippen LogP contribution in [0.5, 0.6) is 0 Å². The Labute approximate surface area is 105 Å². The highest BCUT2D eigenvalue weighted by Crippen LogP contribution is 2.13. The SMILES string of the molecule is CCCCCCCCCc1ccccc1C=O. The van der Waals surface area contributed by atoms with Crippen molar-refractivity contribution in [2.75, 3.05) is 0 Å². The van der Waals surface area contributed by atoms with Crippen LogP contribution in [0.15, 0.2) is 24.3 Å². The lowest BCUT2D eigenvalue weighted by atomic mass is 10.0. The van der Waals surface area contributed by atoms with Gasteiger partial charge in [-0.25, -0.2) is 0 Å². The summed E-state index contributed by atoms with van der Waals surface area (Å²) in [6, 6.07) is 7.92. The molecule has 1 aromatic carbocycles. The number of aldehydes is 1. The van der Waals surface area contributed by atoms with Gasteiger partial charge in [0, 0.05) is 5.56 Å². The topological polar surface area (TPSA) is 17.1 Å². The number of carbonyl (C=O) groups is 1. The number of benzene rings is 1. The molecule has 0 spiro atoms. The molecule has 0 bridgehead atoms. The van der Waals surface area contributed by atoms with Gasteiger partial charge in [-0.2, -0.15) is 0 Å². The van der Waals surface area contributed by atoms with Crippen LogP contribution in [0.4, 0.5) is 0 Å². The van der Waals surface area contributed by atoms with E-state index in [1.807, 2.05) is 18.2 Å². The summed E-state index contributed by atoms with van der Waals surface area (Å²) in [6.07, 6.45) is 11.3. The first-order valence-corrected chi connectivity index (χ1v) is 6.91. The molecule has 0 aromatic heterocycles. The highest BCUT2D eigenvalue weighted by molar-refractivity contribution is 5.77. The summed E-state index contributed by atoms with van der Waals surface area (Å²) in [6.45, 7) is 2.25. The van der Waals surface area contributed by atoms with E-state index in [1.54, 1.807) is 0 Å². The number of carbonyl (C=O) groups excluding carboxylic acids is 1. The van der Waals surface area contributed by atoms with Gasteiger partial charge >= 0.3 is 0 Å². The highest BCUT2D eigenvalue weighted by Gasteiger charge is 1.99. The molecule has 0 radical (unpaired) electrons. The summed E-state index contributed by atoms with van der Waals surface area (Å²) in [5.41, 5.74) is 2.06. The number of hydrogen-bond acceptors (Lipinski definition) is 1. The second kappa shape index (κ2) is 8.98. The molecule has 0 unspecified atom stereocenters. The van der Waals surface area contributed by atoms with Crippen LogP contribution in [0.1, 0.15) is 67.8 Å². The normalized spacial score (nSPS) is 10.4. The number of rotatable bonds is 9. The van der Waals surface area contributed by atoms with Crippen LogP contribution < -0.4 is 0 Å². The first kappa shape index (κ1) is 14.0. The maximum Gasteiger partial charge on any atom is 0.150 e. The Morgan fingerprint density at radius 1 is 0.941 bits per heavy atom. The van der Waals surface area contributed by atoms with Crippen LogP contribution in [-0.4, -0.2) is 6.29 Å². The summed E-state index contributed by atoms with van der Waals surface area (Å²) in [7, 11) is 0. The lowest BCUT2D eigenvalue weighted by Crippen LogP contribution is -1.92. The van der Waals surface area contributed by atoms with Gasteiger partial charge in [0.1, 0.15) is 6.29 Å². The third kappa shape index (κ3) is 5.67. The fraction of sp³-hybridized carbons (Fsp3) is 0.562. The average Bonchev–Trinajstić information content (AvgIpc) is 2.38. The molecular formula is C16H24O. The number of unbranched alkanes of at least 4 members (excludes halogenated alkanes) is 6. The van der Waals surface area contributed by atoms with Gasteiger partial charge in [-0.1, -0.05) is 69.7 Å². The van der Waals surface area contributed by atoms with Gasteiger partial charge in [0.05, 0.1) is 0 Å². The molecule has 0 atom stereocenters.